The van der Waals surface area contributed by atoms with E-state index < -0.39 is 12.1 Å². The van der Waals surface area contributed by atoms with Crippen molar-refractivity contribution in [1.29, 1.82) is 5.26 Å². The molecule has 0 aliphatic carbocycles. The normalized spacial score (nSPS) is 11.5. The number of carboxylic acid groups (broad SMARTS) is 1. The molecule has 0 bridgehead atoms. The van der Waals surface area contributed by atoms with Crippen LogP contribution in [0.2, 0.25) is 0 Å². The molecule has 0 saturated carbocycles. The molecule has 33 heavy (non-hydrogen) atoms. The zero-order valence-corrected chi connectivity index (χ0v) is 17.9. The Kier molecular flexibility index (Phi) is 6.26. The van der Waals surface area contributed by atoms with Crippen molar-refractivity contribution in [1.82, 2.24) is 15.1 Å². The minimum absolute atomic E-state index is 0.0814. The number of nitrogens with zero attached hydrogens (tertiary/aromatic N) is 3. The van der Waals surface area contributed by atoms with Crippen LogP contribution in [0.5, 0.6) is 0 Å². The van der Waals surface area contributed by atoms with Gasteiger partial charge in [0.25, 0.3) is 0 Å². The van der Waals surface area contributed by atoms with Crippen molar-refractivity contribution in [2.45, 2.75) is 32.4 Å². The maximum Gasteiger partial charge on any atom is 0.490 e. The molecule has 0 unspecified atom stereocenters. The zero-order valence-electron chi connectivity index (χ0n) is 17.9. The first-order chi connectivity index (χ1) is 15.4. The summed E-state index contributed by atoms with van der Waals surface area (Å²) in [5.74, 6) is -1.49. The van der Waals surface area contributed by atoms with Crippen LogP contribution in [0.3, 0.4) is 0 Å². The van der Waals surface area contributed by atoms with E-state index in [1.54, 1.807) is 0 Å². The monoisotopic (exact) mass is 456 g/mol. The highest BCUT2D eigenvalue weighted by Gasteiger charge is 2.38. The molecule has 10 heteroatoms. The second-order valence-corrected chi connectivity index (χ2v) is 8.10. The minimum Gasteiger partial charge on any atom is -0.475 e. The number of hydrogen-bond donors (Lipinski definition) is 2. The van der Waals surface area contributed by atoms with Gasteiger partial charge in [0.2, 0.25) is 5.76 Å². The third-order valence-corrected chi connectivity index (χ3v) is 4.59. The van der Waals surface area contributed by atoms with E-state index in [1.807, 2.05) is 48.5 Å². The highest BCUT2D eigenvalue weighted by atomic mass is 19.4. The Morgan fingerprint density at radius 1 is 1.12 bits per heavy atom. The van der Waals surface area contributed by atoms with Gasteiger partial charge in [-0.3, -0.25) is 0 Å². The predicted octanol–water partition coefficient (Wildman–Crippen LogP) is 5.69. The molecule has 2 N–H and O–H groups in total. The van der Waals surface area contributed by atoms with Crippen molar-refractivity contribution in [2.75, 3.05) is 0 Å². The number of nitriles is 1. The number of rotatable bonds is 2. The molecule has 0 aliphatic heterocycles. The Bertz CT molecular complexity index is 1340. The van der Waals surface area contributed by atoms with Crippen LogP contribution < -0.4 is 0 Å². The summed E-state index contributed by atoms with van der Waals surface area (Å²) in [6.45, 7) is 6.27. The lowest BCUT2D eigenvalue weighted by Gasteiger charge is -2.12. The number of benzene rings is 2. The largest absolute Gasteiger partial charge is 0.490 e. The second kappa shape index (κ2) is 8.78. The minimum atomic E-state index is -5.08. The maximum absolute atomic E-state index is 10.6. The third kappa shape index (κ3) is 5.38. The summed E-state index contributed by atoms with van der Waals surface area (Å²) in [6.07, 6.45) is -5.08. The Labute approximate surface area is 186 Å². The molecule has 0 fully saturated rings. The van der Waals surface area contributed by atoms with E-state index in [1.165, 1.54) is 0 Å². The van der Waals surface area contributed by atoms with Gasteiger partial charge in [0.1, 0.15) is 0 Å². The van der Waals surface area contributed by atoms with Gasteiger partial charge in [-0.2, -0.15) is 18.4 Å². The van der Waals surface area contributed by atoms with Gasteiger partial charge in [-0.1, -0.05) is 50.2 Å². The molecular formula is C23H19F3N4O3. The third-order valence-electron chi connectivity index (χ3n) is 4.59. The van der Waals surface area contributed by atoms with Crippen LogP contribution >= 0.6 is 0 Å². The number of H-pyrrole nitrogens is 1. The van der Waals surface area contributed by atoms with Gasteiger partial charge in [-0.25, -0.2) is 9.78 Å². The van der Waals surface area contributed by atoms with Crippen LogP contribution in [-0.2, 0) is 10.2 Å². The molecule has 0 spiro atoms. The van der Waals surface area contributed by atoms with Gasteiger partial charge in [-0.15, -0.1) is 0 Å². The number of alkyl halides is 3. The molecule has 0 radical (unpaired) electrons. The lowest BCUT2D eigenvalue weighted by Crippen LogP contribution is -2.21. The van der Waals surface area contributed by atoms with E-state index in [0.29, 0.717) is 17.1 Å². The number of aromatic amines is 1. The van der Waals surface area contributed by atoms with Crippen molar-refractivity contribution in [2.24, 2.45) is 0 Å². The number of imidazole rings is 1. The summed E-state index contributed by atoms with van der Waals surface area (Å²) in [7, 11) is 0. The first-order valence-corrected chi connectivity index (χ1v) is 9.67. The Morgan fingerprint density at radius 3 is 2.36 bits per heavy atom. The van der Waals surface area contributed by atoms with E-state index in [2.05, 4.69) is 42.0 Å². The lowest BCUT2D eigenvalue weighted by molar-refractivity contribution is -0.192. The second-order valence-electron chi connectivity index (χ2n) is 8.10. The number of nitrogens with one attached hydrogen (secondary N) is 1. The highest BCUT2D eigenvalue weighted by molar-refractivity contribution is 5.85. The molecular weight excluding hydrogens is 437 g/mol. The van der Waals surface area contributed by atoms with Gasteiger partial charge >= 0.3 is 12.1 Å². The van der Waals surface area contributed by atoms with E-state index in [9.17, 15) is 18.4 Å². The predicted molar refractivity (Wildman–Crippen MR) is 114 cm³/mol. The molecule has 0 amide bonds. The van der Waals surface area contributed by atoms with Crippen molar-refractivity contribution in [3.05, 3.63) is 59.8 Å². The summed E-state index contributed by atoms with van der Waals surface area (Å²) in [4.78, 5) is 16.8. The van der Waals surface area contributed by atoms with E-state index in [4.69, 9.17) is 14.4 Å². The van der Waals surface area contributed by atoms with Gasteiger partial charge in [0, 0.05) is 11.5 Å². The van der Waals surface area contributed by atoms with E-state index in [0.717, 1.165) is 27.9 Å². The average Bonchev–Trinajstić information content (AvgIpc) is 3.40. The SMILES string of the molecule is CC(C)(C)c1cc(-c2nc3ccc(-c4ccccc4C#N)cc3[nH]2)on1.O=C(O)C(F)(F)F. The van der Waals surface area contributed by atoms with Gasteiger partial charge < -0.3 is 14.6 Å². The number of carboxylic acids is 1. The number of aromatic nitrogens is 3. The Balaban J connectivity index is 0.000000383. The number of halogens is 3. The van der Waals surface area contributed by atoms with E-state index >= 15 is 0 Å². The standard InChI is InChI=1S/C21H18N4O.C2HF3O2/c1-21(2,3)19-11-18(26-25-19)20-23-16-9-8-13(10-17(16)24-20)15-7-5-4-6-14(15)12-22;3-2(4,5)1(6)7/h4-11H,1-3H3,(H,23,24);(H,6,7). The van der Waals surface area contributed by atoms with Crippen molar-refractivity contribution < 1.29 is 27.6 Å². The number of fused-ring (bicyclic) bond motifs is 1. The van der Waals surface area contributed by atoms with Crippen LogP contribution in [0.15, 0.2) is 53.1 Å². The molecule has 170 valence electrons. The van der Waals surface area contributed by atoms with Crippen molar-refractivity contribution in [3.63, 3.8) is 0 Å². The van der Waals surface area contributed by atoms with Crippen molar-refractivity contribution in [3.8, 4) is 28.8 Å². The zero-order chi connectivity index (χ0) is 24.4. The van der Waals surface area contributed by atoms with E-state index in [-0.39, 0.29) is 5.41 Å². The topological polar surface area (TPSA) is 116 Å². The first kappa shape index (κ1) is 23.5. The molecule has 4 aromatic rings. The fourth-order valence-electron chi connectivity index (χ4n) is 2.87. The fraction of sp³-hybridized carbons (Fsp3) is 0.217. The van der Waals surface area contributed by atoms with Gasteiger partial charge in [-0.05, 0) is 29.3 Å². The summed E-state index contributed by atoms with van der Waals surface area (Å²) in [6, 6.07) is 17.7. The summed E-state index contributed by atoms with van der Waals surface area (Å²) in [5.41, 5.74) is 5.06. The summed E-state index contributed by atoms with van der Waals surface area (Å²) >= 11 is 0. The lowest BCUT2D eigenvalue weighted by atomic mass is 9.92. The summed E-state index contributed by atoms with van der Waals surface area (Å²) in [5, 5.41) is 20.6. The molecule has 0 aliphatic rings. The molecule has 2 heterocycles. The Hall–Kier alpha value is -4.13. The fourth-order valence-corrected chi connectivity index (χ4v) is 2.87. The molecule has 4 rings (SSSR count). The average molecular weight is 456 g/mol. The molecule has 0 atom stereocenters. The van der Waals surface area contributed by atoms with Crippen molar-refractivity contribution >= 4 is 17.0 Å². The molecule has 2 aromatic heterocycles. The van der Waals surface area contributed by atoms with Crippen LogP contribution in [0.4, 0.5) is 13.2 Å². The maximum atomic E-state index is 10.6. The smallest absolute Gasteiger partial charge is 0.475 e. The van der Waals surface area contributed by atoms with Crippen LogP contribution in [0, 0.1) is 11.3 Å². The summed E-state index contributed by atoms with van der Waals surface area (Å²) < 4.78 is 37.2. The number of hydrogen-bond acceptors (Lipinski definition) is 5. The first-order valence-electron chi connectivity index (χ1n) is 9.67. The number of aliphatic carboxylic acids is 1. The highest BCUT2D eigenvalue weighted by Crippen LogP contribution is 2.30. The number of carbonyl (C=O) groups is 1. The molecule has 0 saturated heterocycles. The van der Waals surface area contributed by atoms with Crippen LogP contribution in [0.25, 0.3) is 33.7 Å². The van der Waals surface area contributed by atoms with Crippen LogP contribution in [0.1, 0.15) is 32.0 Å². The van der Waals surface area contributed by atoms with Gasteiger partial charge in [0.05, 0.1) is 28.4 Å². The quantitative estimate of drug-likeness (QED) is 0.400. The molecule has 7 nitrogen and oxygen atoms in total. The van der Waals surface area contributed by atoms with Gasteiger partial charge in [0.15, 0.2) is 5.82 Å². The Morgan fingerprint density at radius 2 is 1.79 bits per heavy atom. The van der Waals surface area contributed by atoms with Crippen LogP contribution in [-0.4, -0.2) is 32.4 Å². The molecule has 2 aromatic carbocycles.